The van der Waals surface area contributed by atoms with Gasteiger partial charge in [0.05, 0.1) is 17.0 Å². The van der Waals surface area contributed by atoms with Gasteiger partial charge in [-0.15, -0.1) is 0 Å². The van der Waals surface area contributed by atoms with E-state index in [1.165, 1.54) is 18.2 Å². The number of H-pyrrole nitrogens is 1. The third-order valence-corrected chi connectivity index (χ3v) is 5.63. The first-order chi connectivity index (χ1) is 10.9. The summed E-state index contributed by atoms with van der Waals surface area (Å²) in [4.78, 5) is 13.6. The zero-order valence-electron chi connectivity index (χ0n) is 12.4. The van der Waals surface area contributed by atoms with Gasteiger partial charge in [0.15, 0.2) is 5.58 Å². The summed E-state index contributed by atoms with van der Waals surface area (Å²) in [6.45, 7) is 1.03. The van der Waals surface area contributed by atoms with Crippen LogP contribution in [0.2, 0.25) is 0 Å². The molecular formula is C14H18N2O6S. The first-order valence-electron chi connectivity index (χ1n) is 7.25. The highest BCUT2D eigenvalue weighted by Crippen LogP contribution is 2.29. The molecule has 0 spiro atoms. The summed E-state index contributed by atoms with van der Waals surface area (Å²) in [5.74, 6) is -0.635. The molecule has 3 N–H and O–H groups in total. The SMILES string of the molecule is O=c1[nH]c2ccc(S(=O)(=O)NCC3(CO)CCOCC3)cc2o1. The minimum atomic E-state index is -3.77. The Labute approximate surface area is 132 Å². The maximum atomic E-state index is 12.4. The van der Waals surface area contributed by atoms with E-state index in [1.54, 1.807) is 0 Å². The molecule has 0 amide bonds. The zero-order chi connectivity index (χ0) is 16.5. The number of aliphatic hydroxyl groups excluding tert-OH is 1. The number of benzene rings is 1. The molecule has 0 unspecified atom stereocenters. The molecule has 0 saturated carbocycles. The van der Waals surface area contributed by atoms with Crippen LogP contribution in [0.25, 0.3) is 11.1 Å². The summed E-state index contributed by atoms with van der Waals surface area (Å²) in [6.07, 6.45) is 1.19. The number of sulfonamides is 1. The van der Waals surface area contributed by atoms with Crippen molar-refractivity contribution in [1.82, 2.24) is 9.71 Å². The van der Waals surface area contributed by atoms with Crippen LogP contribution in [0.1, 0.15) is 12.8 Å². The maximum absolute atomic E-state index is 12.4. The number of rotatable bonds is 5. The molecule has 23 heavy (non-hydrogen) atoms. The highest BCUT2D eigenvalue weighted by molar-refractivity contribution is 7.89. The van der Waals surface area contributed by atoms with Crippen LogP contribution in [0.15, 0.2) is 32.3 Å². The lowest BCUT2D eigenvalue weighted by Gasteiger charge is -2.35. The average Bonchev–Trinajstić information content (AvgIpc) is 2.93. The van der Waals surface area contributed by atoms with Gasteiger partial charge < -0.3 is 14.3 Å². The van der Waals surface area contributed by atoms with Crippen molar-refractivity contribution in [3.05, 3.63) is 28.7 Å². The molecule has 3 rings (SSSR count). The van der Waals surface area contributed by atoms with Crippen LogP contribution in [0.3, 0.4) is 0 Å². The lowest BCUT2D eigenvalue weighted by Crippen LogP contribution is -2.43. The van der Waals surface area contributed by atoms with Gasteiger partial charge in [0.25, 0.3) is 0 Å². The molecule has 1 aliphatic rings. The van der Waals surface area contributed by atoms with Crippen molar-refractivity contribution < 1.29 is 22.7 Å². The number of ether oxygens (including phenoxy) is 1. The molecule has 0 aliphatic carbocycles. The lowest BCUT2D eigenvalue weighted by molar-refractivity contribution is -0.0126. The van der Waals surface area contributed by atoms with Crippen molar-refractivity contribution >= 4 is 21.1 Å². The van der Waals surface area contributed by atoms with Gasteiger partial charge >= 0.3 is 5.76 Å². The van der Waals surface area contributed by atoms with Crippen LogP contribution < -0.4 is 10.5 Å². The molecule has 9 heteroatoms. The van der Waals surface area contributed by atoms with E-state index in [-0.39, 0.29) is 23.6 Å². The molecule has 0 radical (unpaired) electrons. The molecule has 0 atom stereocenters. The second-order valence-corrected chi connectivity index (χ2v) is 7.53. The van der Waals surface area contributed by atoms with Crippen molar-refractivity contribution in [2.24, 2.45) is 5.41 Å². The number of hydrogen-bond acceptors (Lipinski definition) is 6. The Morgan fingerprint density at radius 1 is 1.30 bits per heavy atom. The summed E-state index contributed by atoms with van der Waals surface area (Å²) in [5, 5.41) is 9.61. The fourth-order valence-electron chi connectivity index (χ4n) is 2.62. The largest absolute Gasteiger partial charge is 0.417 e. The predicted octanol–water partition coefficient (Wildman–Crippen LogP) is 0.188. The molecule has 1 fully saturated rings. The van der Waals surface area contributed by atoms with Crippen LogP contribution in [-0.4, -0.2) is 44.9 Å². The Kier molecular flexibility index (Phi) is 4.28. The second-order valence-electron chi connectivity index (χ2n) is 5.77. The minimum Gasteiger partial charge on any atom is -0.408 e. The van der Waals surface area contributed by atoms with Crippen molar-refractivity contribution in [2.45, 2.75) is 17.7 Å². The molecule has 1 aromatic heterocycles. The summed E-state index contributed by atoms with van der Waals surface area (Å²) in [5.41, 5.74) is 0.113. The summed E-state index contributed by atoms with van der Waals surface area (Å²) in [6, 6.07) is 4.17. The second kappa shape index (κ2) is 6.08. The number of fused-ring (bicyclic) bond motifs is 1. The Morgan fingerprint density at radius 3 is 2.74 bits per heavy atom. The van der Waals surface area contributed by atoms with Crippen molar-refractivity contribution in [1.29, 1.82) is 0 Å². The third kappa shape index (κ3) is 3.32. The Morgan fingerprint density at radius 2 is 2.04 bits per heavy atom. The van der Waals surface area contributed by atoms with Gasteiger partial charge in [-0.3, -0.25) is 4.98 Å². The quantitative estimate of drug-likeness (QED) is 0.713. The van der Waals surface area contributed by atoms with E-state index in [9.17, 15) is 18.3 Å². The summed E-state index contributed by atoms with van der Waals surface area (Å²) in [7, 11) is -3.77. The fourth-order valence-corrected chi connectivity index (χ4v) is 3.79. The van der Waals surface area contributed by atoms with Crippen molar-refractivity contribution in [3.63, 3.8) is 0 Å². The number of oxazole rings is 1. The number of aromatic amines is 1. The number of hydrogen-bond donors (Lipinski definition) is 3. The fraction of sp³-hybridized carbons (Fsp3) is 0.500. The van der Waals surface area contributed by atoms with Gasteiger partial charge in [-0.25, -0.2) is 17.9 Å². The molecule has 1 saturated heterocycles. The summed E-state index contributed by atoms with van der Waals surface area (Å²) < 4.78 is 37.5. The van der Waals surface area contributed by atoms with Crippen LogP contribution in [0.5, 0.6) is 0 Å². The molecule has 126 valence electrons. The van der Waals surface area contributed by atoms with Gasteiger partial charge in [0.2, 0.25) is 10.0 Å². The van der Waals surface area contributed by atoms with Gasteiger partial charge in [-0.1, -0.05) is 0 Å². The lowest BCUT2D eigenvalue weighted by atomic mass is 9.81. The van der Waals surface area contributed by atoms with Crippen LogP contribution >= 0.6 is 0 Å². The highest BCUT2D eigenvalue weighted by atomic mass is 32.2. The molecule has 1 aromatic carbocycles. The molecule has 2 heterocycles. The van der Waals surface area contributed by atoms with Crippen molar-refractivity contribution in [2.75, 3.05) is 26.4 Å². The van der Waals surface area contributed by atoms with Gasteiger partial charge in [0.1, 0.15) is 0 Å². The van der Waals surface area contributed by atoms with E-state index in [4.69, 9.17) is 9.15 Å². The number of nitrogens with one attached hydrogen (secondary N) is 2. The van der Waals surface area contributed by atoms with E-state index in [1.807, 2.05) is 0 Å². The Hall–Kier alpha value is -1.68. The normalized spacial score (nSPS) is 18.3. The van der Waals surface area contributed by atoms with E-state index in [0.717, 1.165) is 0 Å². The van der Waals surface area contributed by atoms with E-state index < -0.39 is 21.2 Å². The molecule has 1 aliphatic heterocycles. The molecular weight excluding hydrogens is 324 g/mol. The van der Waals surface area contributed by atoms with Crippen LogP contribution in [0, 0.1) is 5.41 Å². The first-order valence-corrected chi connectivity index (χ1v) is 8.74. The highest BCUT2D eigenvalue weighted by Gasteiger charge is 2.33. The van der Waals surface area contributed by atoms with Crippen LogP contribution in [-0.2, 0) is 14.8 Å². The third-order valence-electron chi connectivity index (χ3n) is 4.23. The molecule has 2 aromatic rings. The molecule has 0 bridgehead atoms. The number of aromatic nitrogens is 1. The minimum absolute atomic E-state index is 0.00731. The van der Waals surface area contributed by atoms with E-state index in [2.05, 4.69) is 9.71 Å². The monoisotopic (exact) mass is 342 g/mol. The smallest absolute Gasteiger partial charge is 0.408 e. The maximum Gasteiger partial charge on any atom is 0.417 e. The average molecular weight is 342 g/mol. The van der Waals surface area contributed by atoms with Gasteiger partial charge in [0, 0.05) is 31.2 Å². The van der Waals surface area contributed by atoms with Gasteiger partial charge in [-0.05, 0) is 25.0 Å². The topological polar surface area (TPSA) is 122 Å². The standard InChI is InChI=1S/C14H18N2O6S/c17-9-14(3-5-21-6-4-14)8-15-23(19,20)10-1-2-11-12(7-10)22-13(18)16-11/h1-2,7,15,17H,3-6,8-9H2,(H,16,18). The number of aliphatic hydroxyl groups is 1. The predicted molar refractivity (Wildman–Crippen MR) is 81.6 cm³/mol. The first kappa shape index (κ1) is 16.2. The van der Waals surface area contributed by atoms with Gasteiger partial charge in [-0.2, -0.15) is 0 Å². The Balaban J connectivity index is 1.80. The van der Waals surface area contributed by atoms with Crippen molar-refractivity contribution in [3.8, 4) is 0 Å². The van der Waals surface area contributed by atoms with E-state index >= 15 is 0 Å². The Bertz CT molecular complexity index is 848. The van der Waals surface area contributed by atoms with E-state index in [0.29, 0.717) is 31.6 Å². The summed E-state index contributed by atoms with van der Waals surface area (Å²) >= 11 is 0. The zero-order valence-corrected chi connectivity index (χ0v) is 13.2. The van der Waals surface area contributed by atoms with Crippen LogP contribution in [0.4, 0.5) is 0 Å². The molecule has 8 nitrogen and oxygen atoms in total.